The molecule has 0 amide bonds. The van der Waals surface area contributed by atoms with Crippen molar-refractivity contribution < 1.29 is 4.74 Å². The third-order valence-corrected chi connectivity index (χ3v) is 2.76. The molecule has 0 saturated carbocycles. The van der Waals surface area contributed by atoms with Gasteiger partial charge in [-0.15, -0.1) is 0 Å². The lowest BCUT2D eigenvalue weighted by atomic mass is 10.0. The normalized spacial score (nSPS) is 14.8. The molecule has 0 aliphatic carbocycles. The summed E-state index contributed by atoms with van der Waals surface area (Å²) in [7, 11) is 1.75. The standard InChI is InChI=1S/C13H22N2O/c1-5-14-13(8-11(3)16-4)12-7-6-10(2)15-9-12/h6-7,9,11,13-14H,5,8H2,1-4H3. The van der Waals surface area contributed by atoms with Gasteiger partial charge in [0.1, 0.15) is 0 Å². The van der Waals surface area contributed by atoms with Crippen molar-refractivity contribution in [3.05, 3.63) is 29.6 Å². The van der Waals surface area contributed by atoms with E-state index >= 15 is 0 Å². The van der Waals surface area contributed by atoms with Gasteiger partial charge in [-0.3, -0.25) is 4.98 Å². The van der Waals surface area contributed by atoms with Crippen LogP contribution in [0.2, 0.25) is 0 Å². The fourth-order valence-corrected chi connectivity index (χ4v) is 1.70. The molecule has 1 heterocycles. The van der Waals surface area contributed by atoms with E-state index in [-0.39, 0.29) is 6.10 Å². The second-order valence-electron chi connectivity index (χ2n) is 4.13. The van der Waals surface area contributed by atoms with Crippen molar-refractivity contribution in [1.82, 2.24) is 10.3 Å². The number of hydrogen-bond donors (Lipinski definition) is 1. The summed E-state index contributed by atoms with van der Waals surface area (Å²) in [6.45, 7) is 7.16. The third-order valence-electron chi connectivity index (χ3n) is 2.76. The van der Waals surface area contributed by atoms with Crippen LogP contribution in [0.4, 0.5) is 0 Å². The van der Waals surface area contributed by atoms with Crippen molar-refractivity contribution in [2.75, 3.05) is 13.7 Å². The highest BCUT2D eigenvalue weighted by Crippen LogP contribution is 2.18. The van der Waals surface area contributed by atoms with E-state index in [9.17, 15) is 0 Å². The van der Waals surface area contributed by atoms with Gasteiger partial charge in [-0.25, -0.2) is 0 Å². The SMILES string of the molecule is CCNC(CC(C)OC)c1ccc(C)nc1. The average Bonchev–Trinajstić information content (AvgIpc) is 2.29. The quantitative estimate of drug-likeness (QED) is 0.803. The monoisotopic (exact) mass is 222 g/mol. The zero-order chi connectivity index (χ0) is 12.0. The maximum atomic E-state index is 5.31. The molecule has 0 bridgehead atoms. The van der Waals surface area contributed by atoms with E-state index in [4.69, 9.17) is 4.74 Å². The number of hydrogen-bond acceptors (Lipinski definition) is 3. The first-order valence-electron chi connectivity index (χ1n) is 5.86. The topological polar surface area (TPSA) is 34.1 Å². The second-order valence-corrected chi connectivity index (χ2v) is 4.13. The van der Waals surface area contributed by atoms with Gasteiger partial charge in [-0.2, -0.15) is 0 Å². The molecule has 1 N–H and O–H groups in total. The van der Waals surface area contributed by atoms with Gasteiger partial charge in [0.15, 0.2) is 0 Å². The molecule has 3 nitrogen and oxygen atoms in total. The molecule has 0 aliphatic rings. The van der Waals surface area contributed by atoms with Gasteiger partial charge in [0.25, 0.3) is 0 Å². The molecule has 3 heteroatoms. The molecule has 0 aromatic carbocycles. The zero-order valence-corrected chi connectivity index (χ0v) is 10.7. The summed E-state index contributed by atoms with van der Waals surface area (Å²) < 4.78 is 5.31. The van der Waals surface area contributed by atoms with Crippen molar-refractivity contribution in [3.63, 3.8) is 0 Å². The van der Waals surface area contributed by atoms with E-state index in [1.54, 1.807) is 7.11 Å². The summed E-state index contributed by atoms with van der Waals surface area (Å²) in [5.41, 5.74) is 2.29. The van der Waals surface area contributed by atoms with Crippen LogP contribution in [-0.2, 0) is 4.74 Å². The fourth-order valence-electron chi connectivity index (χ4n) is 1.70. The summed E-state index contributed by atoms with van der Waals surface area (Å²) in [5.74, 6) is 0. The predicted octanol–water partition coefficient (Wildman–Crippen LogP) is 2.47. The van der Waals surface area contributed by atoms with Gasteiger partial charge in [0.05, 0.1) is 6.10 Å². The van der Waals surface area contributed by atoms with Gasteiger partial charge < -0.3 is 10.1 Å². The fraction of sp³-hybridized carbons (Fsp3) is 0.615. The molecule has 0 fully saturated rings. The number of pyridine rings is 1. The Labute approximate surface area is 98.2 Å². The number of aryl methyl sites for hydroxylation is 1. The Morgan fingerprint density at radius 1 is 1.44 bits per heavy atom. The third kappa shape index (κ3) is 3.91. The minimum absolute atomic E-state index is 0.255. The molecular weight excluding hydrogens is 200 g/mol. The van der Waals surface area contributed by atoms with E-state index in [1.807, 2.05) is 13.1 Å². The Bertz CT molecular complexity index is 297. The lowest BCUT2D eigenvalue weighted by Crippen LogP contribution is -2.25. The lowest BCUT2D eigenvalue weighted by Gasteiger charge is -2.21. The van der Waals surface area contributed by atoms with E-state index in [0.29, 0.717) is 6.04 Å². The molecule has 1 aromatic rings. The second kappa shape index (κ2) is 6.61. The van der Waals surface area contributed by atoms with E-state index in [1.165, 1.54) is 5.56 Å². The molecule has 0 saturated heterocycles. The first-order chi connectivity index (χ1) is 7.67. The number of nitrogens with one attached hydrogen (secondary N) is 1. The van der Waals surface area contributed by atoms with Gasteiger partial charge in [-0.05, 0) is 38.4 Å². The molecule has 0 radical (unpaired) electrons. The van der Waals surface area contributed by atoms with Crippen LogP contribution in [0.5, 0.6) is 0 Å². The van der Waals surface area contributed by atoms with Gasteiger partial charge >= 0.3 is 0 Å². The van der Waals surface area contributed by atoms with Crippen molar-refractivity contribution in [2.45, 2.75) is 39.3 Å². The predicted molar refractivity (Wildman–Crippen MR) is 66.5 cm³/mol. The van der Waals surface area contributed by atoms with E-state index in [0.717, 1.165) is 18.7 Å². The Hall–Kier alpha value is -0.930. The van der Waals surface area contributed by atoms with Gasteiger partial charge in [0, 0.05) is 25.0 Å². The van der Waals surface area contributed by atoms with Crippen LogP contribution in [0.3, 0.4) is 0 Å². The molecule has 2 unspecified atom stereocenters. The maximum absolute atomic E-state index is 5.31. The molecule has 90 valence electrons. The summed E-state index contributed by atoms with van der Waals surface area (Å²) in [4.78, 5) is 4.33. The molecular formula is C13H22N2O. The largest absolute Gasteiger partial charge is 0.382 e. The highest BCUT2D eigenvalue weighted by molar-refractivity contribution is 5.17. The first-order valence-corrected chi connectivity index (χ1v) is 5.86. The Kier molecular flexibility index (Phi) is 5.43. The van der Waals surface area contributed by atoms with Crippen LogP contribution >= 0.6 is 0 Å². The molecule has 2 atom stereocenters. The number of rotatable bonds is 6. The van der Waals surface area contributed by atoms with Crippen LogP contribution < -0.4 is 5.32 Å². The van der Waals surface area contributed by atoms with Crippen LogP contribution in [0.25, 0.3) is 0 Å². The number of methoxy groups -OCH3 is 1. The van der Waals surface area contributed by atoms with Crippen molar-refractivity contribution in [2.24, 2.45) is 0 Å². The van der Waals surface area contributed by atoms with Crippen molar-refractivity contribution in [3.8, 4) is 0 Å². The summed E-state index contributed by atoms with van der Waals surface area (Å²) in [5, 5.41) is 3.46. The van der Waals surface area contributed by atoms with E-state index in [2.05, 4.69) is 36.3 Å². The van der Waals surface area contributed by atoms with Crippen molar-refractivity contribution in [1.29, 1.82) is 0 Å². The minimum atomic E-state index is 0.255. The Balaban J connectivity index is 2.72. The van der Waals surface area contributed by atoms with Gasteiger partial charge in [0.2, 0.25) is 0 Å². The molecule has 0 aliphatic heterocycles. The summed E-state index contributed by atoms with van der Waals surface area (Å²) in [6.07, 6.45) is 3.17. The first kappa shape index (κ1) is 13.1. The number of ether oxygens (including phenoxy) is 1. The molecule has 16 heavy (non-hydrogen) atoms. The maximum Gasteiger partial charge on any atom is 0.0561 e. The molecule has 1 aromatic heterocycles. The minimum Gasteiger partial charge on any atom is -0.382 e. The Morgan fingerprint density at radius 2 is 2.19 bits per heavy atom. The van der Waals surface area contributed by atoms with E-state index < -0.39 is 0 Å². The van der Waals surface area contributed by atoms with Crippen LogP contribution in [0.15, 0.2) is 18.3 Å². The van der Waals surface area contributed by atoms with Crippen LogP contribution in [0.1, 0.15) is 37.6 Å². The van der Waals surface area contributed by atoms with Crippen LogP contribution in [-0.4, -0.2) is 24.7 Å². The number of aromatic nitrogens is 1. The van der Waals surface area contributed by atoms with Gasteiger partial charge in [-0.1, -0.05) is 13.0 Å². The summed E-state index contributed by atoms with van der Waals surface area (Å²) >= 11 is 0. The average molecular weight is 222 g/mol. The highest BCUT2D eigenvalue weighted by atomic mass is 16.5. The Morgan fingerprint density at radius 3 is 2.69 bits per heavy atom. The number of nitrogens with zero attached hydrogens (tertiary/aromatic N) is 1. The molecule has 0 spiro atoms. The summed E-state index contributed by atoms with van der Waals surface area (Å²) in [6, 6.07) is 4.52. The lowest BCUT2D eigenvalue weighted by molar-refractivity contribution is 0.101. The zero-order valence-electron chi connectivity index (χ0n) is 10.7. The van der Waals surface area contributed by atoms with Crippen LogP contribution in [0, 0.1) is 6.92 Å². The smallest absolute Gasteiger partial charge is 0.0561 e. The van der Waals surface area contributed by atoms with Crippen molar-refractivity contribution >= 4 is 0 Å². The molecule has 1 rings (SSSR count). The highest BCUT2D eigenvalue weighted by Gasteiger charge is 2.14.